The number of hydrogen-bond acceptors (Lipinski definition) is 6. The molecule has 1 spiro atoms. The van der Waals surface area contributed by atoms with Crippen LogP contribution >= 0.6 is 0 Å². The largest absolute Gasteiger partial charge is 0.371 e. The Morgan fingerprint density at radius 1 is 0.974 bits per heavy atom. The third kappa shape index (κ3) is 5.63. The van der Waals surface area contributed by atoms with Gasteiger partial charge in [0.25, 0.3) is 27.6 Å². The van der Waals surface area contributed by atoms with Gasteiger partial charge in [-0.05, 0) is 61.4 Å². The van der Waals surface area contributed by atoms with Crippen molar-refractivity contribution >= 4 is 33.2 Å². The summed E-state index contributed by atoms with van der Waals surface area (Å²) in [6.45, 7) is 1.52. The van der Waals surface area contributed by atoms with Gasteiger partial charge in [-0.15, -0.1) is 0 Å². The second-order valence-electron chi connectivity index (χ2n) is 10.4. The van der Waals surface area contributed by atoms with E-state index in [4.69, 9.17) is 0 Å². The first-order valence-electron chi connectivity index (χ1n) is 12.8. The van der Waals surface area contributed by atoms with Crippen LogP contribution in [0.5, 0.6) is 0 Å². The molecule has 38 heavy (non-hydrogen) atoms. The molecular weight excluding hydrogens is 518 g/mol. The average Bonchev–Trinajstić information content (AvgIpc) is 3.64. The zero-order valence-corrected chi connectivity index (χ0v) is 22.0. The molecule has 3 aliphatic rings. The molecule has 3 N–H and O–H groups in total. The van der Waals surface area contributed by atoms with Crippen LogP contribution in [0, 0.1) is 5.41 Å². The van der Waals surface area contributed by atoms with Gasteiger partial charge in [0.15, 0.2) is 0 Å². The molecule has 1 amide bonds. The summed E-state index contributed by atoms with van der Waals surface area (Å²) in [7, 11) is -2.46. The fourth-order valence-electron chi connectivity index (χ4n) is 5.18. The molecule has 1 aliphatic carbocycles. The number of carbonyl (C=O) groups excluding carboxylic acids is 1. The van der Waals surface area contributed by atoms with E-state index in [0.29, 0.717) is 22.4 Å². The molecule has 1 aromatic heterocycles. The van der Waals surface area contributed by atoms with Gasteiger partial charge in [0.2, 0.25) is 0 Å². The minimum atomic E-state index is -3.75. The molecule has 2 saturated heterocycles. The van der Waals surface area contributed by atoms with Crippen molar-refractivity contribution in [2.24, 2.45) is 5.41 Å². The van der Waals surface area contributed by atoms with Gasteiger partial charge in [-0.3, -0.25) is 14.3 Å². The number of pyridine rings is 1. The Morgan fingerprint density at radius 2 is 1.66 bits per heavy atom. The highest BCUT2D eigenvalue weighted by Gasteiger charge is 2.44. The lowest BCUT2D eigenvalue weighted by atomic mass is 9.93. The highest BCUT2D eigenvalue weighted by atomic mass is 32.2. The summed E-state index contributed by atoms with van der Waals surface area (Å²) in [5.41, 5.74) is 1.09. The van der Waals surface area contributed by atoms with Crippen LogP contribution in [-0.2, 0) is 10.2 Å². The van der Waals surface area contributed by atoms with Gasteiger partial charge >= 0.3 is 0 Å². The predicted molar refractivity (Wildman–Crippen MR) is 142 cm³/mol. The number of aromatic nitrogens is 1. The highest BCUT2D eigenvalue weighted by Crippen LogP contribution is 2.54. The molecular formula is C25H32F2N6O4S. The summed E-state index contributed by atoms with van der Waals surface area (Å²) in [4.78, 5) is 28.7. The van der Waals surface area contributed by atoms with E-state index in [-0.39, 0.29) is 31.6 Å². The Kier molecular flexibility index (Phi) is 6.84. The second-order valence-corrected chi connectivity index (χ2v) is 12.0. The fourth-order valence-corrected chi connectivity index (χ4v) is 5.72. The van der Waals surface area contributed by atoms with Crippen molar-refractivity contribution in [3.8, 4) is 0 Å². The quantitative estimate of drug-likeness (QED) is 0.488. The van der Waals surface area contributed by atoms with Gasteiger partial charge in [-0.1, -0.05) is 0 Å². The Balaban J connectivity index is 1.40. The Morgan fingerprint density at radius 3 is 2.29 bits per heavy atom. The third-order valence-corrected chi connectivity index (χ3v) is 8.88. The maximum atomic E-state index is 13.6. The number of amides is 1. The maximum absolute atomic E-state index is 13.6. The van der Waals surface area contributed by atoms with Crippen LogP contribution in [0.4, 0.5) is 25.8 Å². The average molecular weight is 551 g/mol. The molecule has 10 nitrogen and oxygen atoms in total. The Labute approximate surface area is 220 Å². The van der Waals surface area contributed by atoms with Crippen molar-refractivity contribution in [2.45, 2.75) is 44.4 Å². The number of halogens is 2. The summed E-state index contributed by atoms with van der Waals surface area (Å²) in [6.07, 6.45) is 5.23. The van der Waals surface area contributed by atoms with E-state index >= 15 is 0 Å². The first-order valence-corrected chi connectivity index (χ1v) is 14.2. The number of rotatable bonds is 7. The summed E-state index contributed by atoms with van der Waals surface area (Å²) in [5.74, 6) is -3.27. The lowest BCUT2D eigenvalue weighted by Gasteiger charge is -2.35. The summed E-state index contributed by atoms with van der Waals surface area (Å²) < 4.78 is 57.2. The highest BCUT2D eigenvalue weighted by molar-refractivity contribution is 7.90. The van der Waals surface area contributed by atoms with Gasteiger partial charge in [-0.2, -0.15) is 8.42 Å². The van der Waals surface area contributed by atoms with Crippen LogP contribution in [0.25, 0.3) is 0 Å². The predicted octanol–water partition coefficient (Wildman–Crippen LogP) is 2.72. The van der Waals surface area contributed by atoms with Gasteiger partial charge in [0, 0.05) is 52.3 Å². The van der Waals surface area contributed by atoms with E-state index in [9.17, 15) is 26.8 Å². The molecule has 13 heteroatoms. The number of nitrogens with one attached hydrogen (secondary N) is 3. The van der Waals surface area contributed by atoms with Crippen LogP contribution in [0.15, 0.2) is 41.3 Å². The number of nitrogens with zero attached hydrogens (tertiary/aromatic N) is 3. The van der Waals surface area contributed by atoms with Crippen molar-refractivity contribution in [2.75, 3.05) is 53.2 Å². The van der Waals surface area contributed by atoms with Crippen LogP contribution < -0.4 is 30.2 Å². The normalized spacial score (nSPS) is 20.3. The molecule has 1 aromatic carbocycles. The van der Waals surface area contributed by atoms with E-state index in [2.05, 4.69) is 19.7 Å². The standard InChI is InChI=1S/C25H32F2N6O4S/c1-28-38(36,37)30-18-4-5-19(21(17-18)31-13-8-24(6-7-24)9-14-31)22(34)29-20-3-2-12-33(23(20)35)32-15-10-25(26,27)11-16-32/h2-5,12,17,28,30H,6-11,13-16H2,1H3,(H,29,34). The molecule has 1 saturated carbocycles. The van der Waals surface area contributed by atoms with Crippen molar-refractivity contribution in [1.82, 2.24) is 9.40 Å². The Hall–Kier alpha value is -3.19. The minimum absolute atomic E-state index is 0.0227. The first kappa shape index (κ1) is 26.4. The van der Waals surface area contributed by atoms with Crippen LogP contribution in [0.2, 0.25) is 0 Å². The zero-order chi connectivity index (χ0) is 27.1. The number of piperidine rings is 2. The smallest absolute Gasteiger partial charge is 0.298 e. The molecule has 2 aromatic rings. The van der Waals surface area contributed by atoms with Crippen LogP contribution in [0.3, 0.4) is 0 Å². The van der Waals surface area contributed by atoms with Crippen molar-refractivity contribution in [3.05, 3.63) is 52.4 Å². The van der Waals surface area contributed by atoms with Crippen molar-refractivity contribution in [3.63, 3.8) is 0 Å². The van der Waals surface area contributed by atoms with E-state index in [1.165, 1.54) is 49.0 Å². The lowest BCUT2D eigenvalue weighted by Crippen LogP contribution is -2.49. The van der Waals surface area contributed by atoms with Crippen molar-refractivity contribution in [1.29, 1.82) is 0 Å². The number of hydrogen-bond donors (Lipinski definition) is 3. The topological polar surface area (TPSA) is 116 Å². The Bertz CT molecular complexity index is 1370. The van der Waals surface area contributed by atoms with E-state index < -0.39 is 27.6 Å². The molecule has 3 fully saturated rings. The van der Waals surface area contributed by atoms with E-state index in [0.717, 1.165) is 25.9 Å². The number of carbonyl (C=O) groups is 1. The SMILES string of the molecule is CNS(=O)(=O)Nc1ccc(C(=O)Nc2cccn(N3CCC(F)(F)CC3)c2=O)c(N2CCC3(CC2)CC3)c1. The molecule has 0 radical (unpaired) electrons. The number of anilines is 3. The molecule has 3 heterocycles. The summed E-state index contributed by atoms with van der Waals surface area (Å²) >= 11 is 0. The fraction of sp³-hybridized carbons (Fsp3) is 0.520. The van der Waals surface area contributed by atoms with Crippen molar-refractivity contribution < 1.29 is 22.0 Å². The number of alkyl halides is 2. The first-order chi connectivity index (χ1) is 18.0. The summed E-state index contributed by atoms with van der Waals surface area (Å²) in [6, 6.07) is 7.72. The molecule has 2 aliphatic heterocycles. The van der Waals surface area contributed by atoms with Gasteiger partial charge in [-0.25, -0.2) is 18.2 Å². The third-order valence-electron chi connectivity index (χ3n) is 7.84. The lowest BCUT2D eigenvalue weighted by molar-refractivity contribution is -0.0260. The molecule has 206 valence electrons. The van der Waals surface area contributed by atoms with E-state index in [1.54, 1.807) is 17.1 Å². The zero-order valence-electron chi connectivity index (χ0n) is 21.2. The van der Waals surface area contributed by atoms with Gasteiger partial charge in [0.1, 0.15) is 5.69 Å². The molecule has 0 unspecified atom stereocenters. The van der Waals surface area contributed by atoms with E-state index in [1.807, 2.05) is 0 Å². The summed E-state index contributed by atoms with van der Waals surface area (Å²) in [5, 5.41) is 4.23. The van der Waals surface area contributed by atoms with Crippen LogP contribution in [-0.4, -0.2) is 58.2 Å². The minimum Gasteiger partial charge on any atom is -0.371 e. The molecule has 0 bridgehead atoms. The number of benzene rings is 1. The maximum Gasteiger partial charge on any atom is 0.298 e. The molecule has 5 rings (SSSR count). The van der Waals surface area contributed by atoms with Gasteiger partial charge in [0.05, 0.1) is 16.9 Å². The second kappa shape index (κ2) is 9.84. The molecule has 0 atom stereocenters. The monoisotopic (exact) mass is 550 g/mol. The van der Waals surface area contributed by atoms with Gasteiger partial charge < -0.3 is 15.2 Å². The van der Waals surface area contributed by atoms with Crippen LogP contribution in [0.1, 0.15) is 48.9 Å².